The summed E-state index contributed by atoms with van der Waals surface area (Å²) in [5.41, 5.74) is 1.47. The third-order valence-corrected chi connectivity index (χ3v) is 4.05. The lowest BCUT2D eigenvalue weighted by atomic mass is 10.1. The van der Waals surface area contributed by atoms with E-state index < -0.39 is 0 Å². The molecule has 0 saturated heterocycles. The summed E-state index contributed by atoms with van der Waals surface area (Å²) in [5, 5.41) is 1.05. The van der Waals surface area contributed by atoms with Crippen LogP contribution in [0.15, 0.2) is 6.07 Å². The zero-order valence-corrected chi connectivity index (χ0v) is 12.8. The second-order valence-corrected chi connectivity index (χ2v) is 5.39. The van der Waals surface area contributed by atoms with Gasteiger partial charge in [0.15, 0.2) is 12.4 Å². The molecule has 0 fully saturated rings. The number of nitrogens with zero attached hydrogens (tertiary/aromatic N) is 1. The van der Waals surface area contributed by atoms with Crippen LogP contribution in [0.1, 0.15) is 18.9 Å². The molecule has 0 unspecified atom stereocenters. The van der Waals surface area contributed by atoms with Gasteiger partial charge in [0.05, 0.1) is 10.7 Å². The van der Waals surface area contributed by atoms with Crippen LogP contribution < -0.4 is 9.64 Å². The first-order valence-electron chi connectivity index (χ1n) is 6.10. The Hall–Kier alpha value is -0.640. The number of amides is 1. The lowest BCUT2D eigenvalue weighted by Gasteiger charge is -2.30. The van der Waals surface area contributed by atoms with Crippen LogP contribution >= 0.6 is 34.8 Å². The fraction of sp³-hybridized carbons (Fsp3) is 0.462. The summed E-state index contributed by atoms with van der Waals surface area (Å²) in [6.07, 6.45) is 1.42. The van der Waals surface area contributed by atoms with E-state index in [9.17, 15) is 4.79 Å². The Morgan fingerprint density at radius 2 is 2.16 bits per heavy atom. The molecule has 1 aromatic carbocycles. The smallest absolute Gasteiger partial charge is 0.265 e. The first-order valence-corrected chi connectivity index (χ1v) is 7.39. The molecule has 1 aliphatic rings. The molecule has 19 heavy (non-hydrogen) atoms. The van der Waals surface area contributed by atoms with Gasteiger partial charge in [-0.15, -0.1) is 11.6 Å². The zero-order chi connectivity index (χ0) is 14.0. The van der Waals surface area contributed by atoms with E-state index in [2.05, 4.69) is 0 Å². The van der Waals surface area contributed by atoms with E-state index in [0.717, 1.165) is 5.56 Å². The summed E-state index contributed by atoms with van der Waals surface area (Å²) in [6, 6.07) is 1.74. The fourth-order valence-electron chi connectivity index (χ4n) is 2.10. The number of carbonyl (C=O) groups excluding carboxylic acids is 1. The van der Waals surface area contributed by atoms with Crippen molar-refractivity contribution in [2.75, 3.05) is 23.9 Å². The molecular weight excluding hydrogens is 309 g/mol. The molecule has 3 nitrogen and oxygen atoms in total. The maximum Gasteiger partial charge on any atom is 0.265 e. The van der Waals surface area contributed by atoms with Gasteiger partial charge < -0.3 is 9.64 Å². The van der Waals surface area contributed by atoms with Gasteiger partial charge in [0, 0.05) is 17.4 Å². The second-order valence-electron chi connectivity index (χ2n) is 4.23. The molecule has 1 aliphatic heterocycles. The number of fused-ring (bicyclic) bond motifs is 1. The van der Waals surface area contributed by atoms with Gasteiger partial charge in [0.25, 0.3) is 5.91 Å². The van der Waals surface area contributed by atoms with Crippen molar-refractivity contribution in [2.24, 2.45) is 0 Å². The van der Waals surface area contributed by atoms with Crippen molar-refractivity contribution in [3.05, 3.63) is 21.7 Å². The number of carbonyl (C=O) groups is 1. The number of rotatable bonds is 4. The number of alkyl halides is 1. The molecule has 104 valence electrons. The van der Waals surface area contributed by atoms with Gasteiger partial charge in [0.1, 0.15) is 0 Å². The van der Waals surface area contributed by atoms with Crippen LogP contribution in [-0.4, -0.2) is 24.9 Å². The van der Waals surface area contributed by atoms with Gasteiger partial charge in [-0.25, -0.2) is 0 Å². The van der Waals surface area contributed by atoms with Crippen molar-refractivity contribution in [2.45, 2.75) is 19.8 Å². The molecule has 1 heterocycles. The molecular formula is C13H14Cl3NO2. The lowest BCUT2D eigenvalue weighted by Crippen LogP contribution is -2.39. The maximum atomic E-state index is 11.9. The van der Waals surface area contributed by atoms with Crippen LogP contribution in [0.3, 0.4) is 0 Å². The summed E-state index contributed by atoms with van der Waals surface area (Å²) >= 11 is 18.2. The Morgan fingerprint density at radius 3 is 2.79 bits per heavy atom. The van der Waals surface area contributed by atoms with Crippen LogP contribution in [0, 0.1) is 0 Å². The number of halogens is 3. The second kappa shape index (κ2) is 6.21. The normalized spacial score (nSPS) is 14.3. The minimum Gasteiger partial charge on any atom is -0.480 e. The number of benzene rings is 1. The predicted molar refractivity (Wildman–Crippen MR) is 79.0 cm³/mol. The van der Waals surface area contributed by atoms with Crippen molar-refractivity contribution in [1.29, 1.82) is 0 Å². The summed E-state index contributed by atoms with van der Waals surface area (Å²) in [6.45, 7) is 2.51. The first-order chi connectivity index (χ1) is 9.10. The van der Waals surface area contributed by atoms with E-state index in [1.54, 1.807) is 11.0 Å². The molecule has 1 amide bonds. The Balaban J connectivity index is 2.47. The summed E-state index contributed by atoms with van der Waals surface area (Å²) in [7, 11) is 0. The largest absolute Gasteiger partial charge is 0.480 e. The van der Waals surface area contributed by atoms with E-state index in [1.165, 1.54) is 0 Å². The van der Waals surface area contributed by atoms with E-state index in [-0.39, 0.29) is 12.5 Å². The lowest BCUT2D eigenvalue weighted by molar-refractivity contribution is -0.121. The highest BCUT2D eigenvalue weighted by atomic mass is 35.5. The van der Waals surface area contributed by atoms with Crippen LogP contribution in [0.2, 0.25) is 10.0 Å². The fourth-order valence-corrected chi connectivity index (χ4v) is 2.98. The van der Waals surface area contributed by atoms with Crippen LogP contribution in [0.25, 0.3) is 0 Å². The van der Waals surface area contributed by atoms with Crippen molar-refractivity contribution < 1.29 is 9.53 Å². The Labute approximate surface area is 127 Å². The molecule has 1 aromatic rings. The topological polar surface area (TPSA) is 29.5 Å². The minimum atomic E-state index is -0.103. The van der Waals surface area contributed by atoms with E-state index >= 15 is 0 Å². The first kappa shape index (κ1) is 14.8. The Bertz CT molecular complexity index is 505. The monoisotopic (exact) mass is 321 g/mol. The molecule has 0 aliphatic carbocycles. The van der Waals surface area contributed by atoms with Crippen LogP contribution in [-0.2, 0) is 11.2 Å². The molecule has 0 atom stereocenters. The Kier molecular flexibility index (Phi) is 4.82. The van der Waals surface area contributed by atoms with Crippen LogP contribution in [0.5, 0.6) is 5.75 Å². The predicted octanol–water partition coefficient (Wildman–Crippen LogP) is 3.91. The van der Waals surface area contributed by atoms with Gasteiger partial charge in [-0.05, 0) is 24.5 Å². The molecule has 0 N–H and O–H groups in total. The molecule has 0 radical (unpaired) electrons. The van der Waals surface area contributed by atoms with Crippen molar-refractivity contribution in [1.82, 2.24) is 0 Å². The van der Waals surface area contributed by atoms with Crippen LogP contribution in [0.4, 0.5) is 5.69 Å². The average Bonchev–Trinajstić information content (AvgIpc) is 2.38. The van der Waals surface area contributed by atoms with Gasteiger partial charge in [-0.1, -0.05) is 30.1 Å². The minimum absolute atomic E-state index is 0.000206. The third kappa shape index (κ3) is 2.78. The van der Waals surface area contributed by atoms with Gasteiger partial charge in [-0.3, -0.25) is 4.79 Å². The van der Waals surface area contributed by atoms with Crippen molar-refractivity contribution in [3.8, 4) is 5.75 Å². The average molecular weight is 323 g/mol. The van der Waals surface area contributed by atoms with E-state index in [0.29, 0.717) is 46.7 Å². The third-order valence-electron chi connectivity index (χ3n) is 3.05. The Morgan fingerprint density at radius 1 is 1.42 bits per heavy atom. The maximum absolute atomic E-state index is 11.9. The SMILES string of the molecule is CCc1c(Cl)cc2c(c1Cl)OCC(=O)N2CCCCl. The molecule has 0 aromatic heterocycles. The zero-order valence-electron chi connectivity index (χ0n) is 10.5. The van der Waals surface area contributed by atoms with Gasteiger partial charge >= 0.3 is 0 Å². The highest BCUT2D eigenvalue weighted by molar-refractivity contribution is 6.38. The standard InChI is InChI=1S/C13H14Cl3NO2/c1-2-8-9(15)6-10-13(12(8)16)19-7-11(18)17(10)5-3-4-14/h6H,2-5,7H2,1H3. The summed E-state index contributed by atoms with van der Waals surface area (Å²) < 4.78 is 5.46. The quantitative estimate of drug-likeness (QED) is 0.787. The number of hydrogen-bond acceptors (Lipinski definition) is 2. The number of anilines is 1. The molecule has 0 spiro atoms. The van der Waals surface area contributed by atoms with Crippen molar-refractivity contribution >= 4 is 46.4 Å². The molecule has 2 rings (SSSR count). The molecule has 0 bridgehead atoms. The summed E-state index contributed by atoms with van der Waals surface area (Å²) in [4.78, 5) is 13.5. The number of ether oxygens (including phenoxy) is 1. The molecule has 0 saturated carbocycles. The van der Waals surface area contributed by atoms with Crippen molar-refractivity contribution in [3.63, 3.8) is 0 Å². The number of hydrogen-bond donors (Lipinski definition) is 0. The molecule has 6 heteroatoms. The highest BCUT2D eigenvalue weighted by Gasteiger charge is 2.29. The van der Waals surface area contributed by atoms with E-state index in [1.807, 2.05) is 6.92 Å². The highest BCUT2D eigenvalue weighted by Crippen LogP contribution is 2.44. The summed E-state index contributed by atoms with van der Waals surface area (Å²) in [5.74, 6) is 0.931. The van der Waals surface area contributed by atoms with Gasteiger partial charge in [-0.2, -0.15) is 0 Å². The van der Waals surface area contributed by atoms with Gasteiger partial charge in [0.2, 0.25) is 0 Å². The van der Waals surface area contributed by atoms with E-state index in [4.69, 9.17) is 39.5 Å².